The Morgan fingerprint density at radius 1 is 1.42 bits per heavy atom. The molecule has 2 heterocycles. The van der Waals surface area contributed by atoms with Gasteiger partial charge in [0.25, 0.3) is 10.0 Å². The van der Waals surface area contributed by atoms with Crippen LogP contribution in [0.15, 0.2) is 21.6 Å². The molecule has 108 valence electrons. The van der Waals surface area contributed by atoms with E-state index in [0.29, 0.717) is 5.76 Å². The number of rotatable bonds is 6. The minimum absolute atomic E-state index is 0.0683. The highest BCUT2D eigenvalue weighted by Crippen LogP contribution is 2.14. The number of hydrogen-bond donors (Lipinski definition) is 2. The van der Waals surface area contributed by atoms with Crippen LogP contribution < -0.4 is 10.5 Å². The fraction of sp³-hybridized carbons (Fsp3) is 0.667. The van der Waals surface area contributed by atoms with Crippen LogP contribution >= 0.6 is 0 Å². The second kappa shape index (κ2) is 6.04. The van der Waals surface area contributed by atoms with Crippen LogP contribution in [0.25, 0.3) is 0 Å². The molecule has 1 aromatic rings. The summed E-state index contributed by atoms with van der Waals surface area (Å²) in [6.07, 6.45) is 2.38. The first-order chi connectivity index (χ1) is 9.01. The molecule has 0 saturated carbocycles. The standard InChI is InChI=1S/C12H21N3O3S/c1-10(9-15-6-2-3-7-15)14-19(16,17)12-5-4-11(8-13)18-12/h4-5,10,14H,2-3,6-9,13H2,1H3. The zero-order valence-electron chi connectivity index (χ0n) is 11.1. The van der Waals surface area contributed by atoms with Gasteiger partial charge in [-0.25, -0.2) is 13.1 Å². The topological polar surface area (TPSA) is 88.6 Å². The van der Waals surface area contributed by atoms with Gasteiger partial charge in [-0.2, -0.15) is 0 Å². The Hall–Kier alpha value is -0.890. The Morgan fingerprint density at radius 3 is 2.68 bits per heavy atom. The van der Waals surface area contributed by atoms with E-state index >= 15 is 0 Å². The number of furan rings is 1. The lowest BCUT2D eigenvalue weighted by Gasteiger charge is -2.20. The van der Waals surface area contributed by atoms with E-state index in [2.05, 4.69) is 9.62 Å². The number of likely N-dealkylation sites (tertiary alicyclic amines) is 1. The first-order valence-corrected chi connectivity index (χ1v) is 8.03. The lowest BCUT2D eigenvalue weighted by atomic mass is 10.3. The fourth-order valence-electron chi connectivity index (χ4n) is 2.33. The van der Waals surface area contributed by atoms with Crippen LogP contribution in [0.4, 0.5) is 0 Å². The monoisotopic (exact) mass is 287 g/mol. The van der Waals surface area contributed by atoms with Gasteiger partial charge < -0.3 is 15.1 Å². The molecule has 1 aliphatic heterocycles. The van der Waals surface area contributed by atoms with E-state index in [1.165, 1.54) is 18.9 Å². The van der Waals surface area contributed by atoms with E-state index in [1.807, 2.05) is 6.92 Å². The molecule has 1 aliphatic rings. The maximum atomic E-state index is 12.1. The third kappa shape index (κ3) is 3.79. The molecule has 0 bridgehead atoms. The summed E-state index contributed by atoms with van der Waals surface area (Å²) >= 11 is 0. The molecule has 0 radical (unpaired) electrons. The maximum Gasteiger partial charge on any atom is 0.274 e. The van der Waals surface area contributed by atoms with Crippen molar-refractivity contribution in [1.82, 2.24) is 9.62 Å². The summed E-state index contributed by atoms with van der Waals surface area (Å²) in [6.45, 7) is 4.87. The molecule has 7 heteroatoms. The van der Waals surface area contributed by atoms with Gasteiger partial charge in [-0.3, -0.25) is 0 Å². The molecule has 19 heavy (non-hydrogen) atoms. The van der Waals surface area contributed by atoms with Gasteiger partial charge in [0.2, 0.25) is 5.09 Å². The van der Waals surface area contributed by atoms with Crippen LogP contribution in [0.3, 0.4) is 0 Å². The quantitative estimate of drug-likeness (QED) is 0.795. The Morgan fingerprint density at radius 2 is 2.11 bits per heavy atom. The Kier molecular flexibility index (Phi) is 4.62. The highest BCUT2D eigenvalue weighted by atomic mass is 32.2. The summed E-state index contributed by atoms with van der Waals surface area (Å²) in [7, 11) is -3.59. The van der Waals surface area contributed by atoms with E-state index in [-0.39, 0.29) is 17.7 Å². The molecule has 3 N–H and O–H groups in total. The maximum absolute atomic E-state index is 12.1. The molecule has 0 aliphatic carbocycles. The van der Waals surface area contributed by atoms with E-state index in [0.717, 1.165) is 19.6 Å². The second-order valence-corrected chi connectivity index (χ2v) is 6.60. The summed E-state index contributed by atoms with van der Waals surface area (Å²) in [5.74, 6) is 0.465. The molecule has 1 atom stereocenters. The van der Waals surface area contributed by atoms with Crippen LogP contribution in [-0.4, -0.2) is 39.0 Å². The third-order valence-corrected chi connectivity index (χ3v) is 4.65. The molecule has 1 unspecified atom stereocenters. The van der Waals surface area contributed by atoms with Crippen molar-refractivity contribution in [1.29, 1.82) is 0 Å². The lowest BCUT2D eigenvalue weighted by Crippen LogP contribution is -2.40. The fourth-order valence-corrected chi connectivity index (χ4v) is 3.51. The van der Waals surface area contributed by atoms with Gasteiger partial charge in [-0.15, -0.1) is 0 Å². The van der Waals surface area contributed by atoms with E-state index in [4.69, 9.17) is 10.2 Å². The SMILES string of the molecule is CC(CN1CCCC1)NS(=O)(=O)c1ccc(CN)o1. The van der Waals surface area contributed by atoms with Crippen molar-refractivity contribution in [3.05, 3.63) is 17.9 Å². The molecule has 6 nitrogen and oxygen atoms in total. The van der Waals surface area contributed by atoms with Gasteiger partial charge in [-0.05, 0) is 45.0 Å². The number of hydrogen-bond acceptors (Lipinski definition) is 5. The van der Waals surface area contributed by atoms with Crippen molar-refractivity contribution < 1.29 is 12.8 Å². The van der Waals surface area contributed by atoms with Gasteiger partial charge in [0.1, 0.15) is 5.76 Å². The van der Waals surface area contributed by atoms with Crippen LogP contribution in [0, 0.1) is 0 Å². The molecule has 1 fully saturated rings. The van der Waals surface area contributed by atoms with Crippen LogP contribution in [-0.2, 0) is 16.6 Å². The van der Waals surface area contributed by atoms with Crippen molar-refractivity contribution in [2.24, 2.45) is 5.73 Å². The highest BCUT2D eigenvalue weighted by molar-refractivity contribution is 7.89. The van der Waals surface area contributed by atoms with E-state index in [1.54, 1.807) is 6.07 Å². The summed E-state index contributed by atoms with van der Waals surface area (Å²) < 4.78 is 32.0. The molecule has 0 aromatic carbocycles. The van der Waals surface area contributed by atoms with Crippen LogP contribution in [0.1, 0.15) is 25.5 Å². The zero-order chi connectivity index (χ0) is 13.9. The Bertz CT molecular complexity index is 506. The number of nitrogens with one attached hydrogen (secondary N) is 1. The molecular weight excluding hydrogens is 266 g/mol. The van der Waals surface area contributed by atoms with Gasteiger partial charge in [-0.1, -0.05) is 0 Å². The number of nitrogens with two attached hydrogens (primary N) is 1. The number of nitrogens with zero attached hydrogens (tertiary/aromatic N) is 1. The lowest BCUT2D eigenvalue weighted by molar-refractivity contribution is 0.311. The van der Waals surface area contributed by atoms with Gasteiger partial charge in [0.15, 0.2) is 0 Å². The molecule has 0 amide bonds. The predicted octanol–water partition coefficient (Wildman–Crippen LogP) is 0.501. The molecule has 2 rings (SSSR count). The minimum atomic E-state index is -3.59. The van der Waals surface area contributed by atoms with Gasteiger partial charge in [0.05, 0.1) is 6.54 Å². The van der Waals surface area contributed by atoms with Crippen molar-refractivity contribution >= 4 is 10.0 Å². The average Bonchev–Trinajstić information content (AvgIpc) is 2.97. The highest BCUT2D eigenvalue weighted by Gasteiger charge is 2.23. The van der Waals surface area contributed by atoms with Gasteiger partial charge in [0, 0.05) is 12.6 Å². The smallest absolute Gasteiger partial charge is 0.274 e. The summed E-state index contributed by atoms with van der Waals surface area (Å²) in [4.78, 5) is 2.26. The van der Waals surface area contributed by atoms with Crippen molar-refractivity contribution in [2.75, 3.05) is 19.6 Å². The van der Waals surface area contributed by atoms with Crippen LogP contribution in [0.5, 0.6) is 0 Å². The average molecular weight is 287 g/mol. The number of sulfonamides is 1. The molecule has 1 saturated heterocycles. The zero-order valence-corrected chi connectivity index (χ0v) is 11.9. The van der Waals surface area contributed by atoms with Crippen molar-refractivity contribution in [3.63, 3.8) is 0 Å². The van der Waals surface area contributed by atoms with Crippen molar-refractivity contribution in [2.45, 2.75) is 37.4 Å². The summed E-state index contributed by atoms with van der Waals surface area (Å²) in [5, 5.41) is -0.0683. The minimum Gasteiger partial charge on any atom is -0.447 e. The largest absolute Gasteiger partial charge is 0.447 e. The predicted molar refractivity (Wildman–Crippen MR) is 72.1 cm³/mol. The summed E-state index contributed by atoms with van der Waals surface area (Å²) in [5.41, 5.74) is 5.40. The van der Waals surface area contributed by atoms with E-state index < -0.39 is 10.0 Å². The first-order valence-electron chi connectivity index (χ1n) is 6.55. The third-order valence-electron chi connectivity index (χ3n) is 3.19. The molecule has 0 spiro atoms. The summed E-state index contributed by atoms with van der Waals surface area (Å²) in [6, 6.07) is 2.88. The molecule has 1 aromatic heterocycles. The van der Waals surface area contributed by atoms with Crippen LogP contribution in [0.2, 0.25) is 0 Å². The Balaban J connectivity index is 1.95. The molecular formula is C12H21N3O3S. The van der Waals surface area contributed by atoms with Gasteiger partial charge >= 0.3 is 0 Å². The first kappa shape index (κ1) is 14.5. The second-order valence-electron chi connectivity index (χ2n) is 4.95. The normalized spacial score (nSPS) is 18.8. The Labute approximate surface area is 114 Å². The van der Waals surface area contributed by atoms with Crippen molar-refractivity contribution in [3.8, 4) is 0 Å². The van der Waals surface area contributed by atoms with E-state index in [9.17, 15) is 8.42 Å².